The smallest absolute Gasteiger partial charge is 0.316 e. The van der Waals surface area contributed by atoms with Crippen LogP contribution < -0.4 is 0 Å². The van der Waals surface area contributed by atoms with Gasteiger partial charge in [-0.1, -0.05) is 5.16 Å². The number of aromatic nitrogens is 2. The van der Waals surface area contributed by atoms with Crippen molar-refractivity contribution in [3.63, 3.8) is 0 Å². The molecule has 0 spiro atoms. The highest BCUT2D eigenvalue weighted by atomic mass is 32.2. The zero-order valence-corrected chi connectivity index (χ0v) is 14.5. The van der Waals surface area contributed by atoms with Crippen molar-refractivity contribution >= 4 is 23.4 Å². The molecule has 0 saturated carbocycles. The number of esters is 1. The third-order valence-corrected chi connectivity index (χ3v) is 4.32. The second-order valence-electron chi connectivity index (χ2n) is 5.22. The van der Waals surface area contributed by atoms with Gasteiger partial charge >= 0.3 is 5.97 Å². The maximum Gasteiger partial charge on any atom is 0.316 e. The van der Waals surface area contributed by atoms with E-state index in [1.54, 1.807) is 12.1 Å². The Bertz CT molecular complexity index is 944. The predicted octanol–water partition coefficient (Wildman–Crippen LogP) is 3.62. The van der Waals surface area contributed by atoms with Gasteiger partial charge in [0.15, 0.2) is 6.61 Å². The molecule has 0 bridgehead atoms. The molecule has 0 aliphatic rings. The summed E-state index contributed by atoms with van der Waals surface area (Å²) in [5.74, 6) is -0.470. The van der Waals surface area contributed by atoms with Crippen LogP contribution in [0.2, 0.25) is 0 Å². The largest absolute Gasteiger partial charge is 0.455 e. The van der Waals surface area contributed by atoms with Gasteiger partial charge in [0, 0.05) is 22.6 Å². The van der Waals surface area contributed by atoms with Crippen LogP contribution in [-0.4, -0.2) is 26.8 Å². The Hall–Kier alpha value is -3.27. The number of rotatable bonds is 7. The normalized spacial score (nSPS) is 10.6. The molecule has 0 amide bonds. The Balaban J connectivity index is 1.48. The predicted molar refractivity (Wildman–Crippen MR) is 93.3 cm³/mol. The highest BCUT2D eigenvalue weighted by Gasteiger charge is 2.12. The molecular formula is C17H12FN3O5S. The molecule has 0 saturated heterocycles. The molecular weight excluding hydrogens is 377 g/mol. The lowest BCUT2D eigenvalue weighted by molar-refractivity contribution is -0.384. The fourth-order valence-electron chi connectivity index (χ4n) is 2.02. The zero-order chi connectivity index (χ0) is 19.2. The van der Waals surface area contributed by atoms with Gasteiger partial charge in [0.25, 0.3) is 11.6 Å². The van der Waals surface area contributed by atoms with Crippen LogP contribution in [0.4, 0.5) is 10.1 Å². The first-order valence-electron chi connectivity index (χ1n) is 7.62. The highest BCUT2D eigenvalue weighted by Crippen LogP contribution is 2.21. The van der Waals surface area contributed by atoms with Gasteiger partial charge in [0.2, 0.25) is 5.82 Å². The van der Waals surface area contributed by atoms with E-state index < -0.39 is 10.9 Å². The quantitative estimate of drug-likeness (QED) is 0.261. The standard InChI is InChI=1S/C17H12FN3O5S/c18-12-3-1-11(2-4-12)17-19-15(26-20-17)9-25-16(22)10-27-14-7-5-13(6-8-14)21(23)24/h1-8H,9-10H2. The molecule has 0 aliphatic heterocycles. The van der Waals surface area contributed by atoms with Crippen LogP contribution in [0.15, 0.2) is 57.9 Å². The van der Waals surface area contributed by atoms with Gasteiger partial charge in [-0.05, 0) is 36.4 Å². The van der Waals surface area contributed by atoms with Crippen molar-refractivity contribution in [3.8, 4) is 11.4 Å². The number of hydrogen-bond donors (Lipinski definition) is 0. The van der Waals surface area contributed by atoms with Crippen LogP contribution in [-0.2, 0) is 16.1 Å². The van der Waals surface area contributed by atoms with Gasteiger partial charge in [-0.3, -0.25) is 14.9 Å². The number of carbonyl (C=O) groups is 1. The summed E-state index contributed by atoms with van der Waals surface area (Å²) in [5.41, 5.74) is 0.557. The minimum absolute atomic E-state index is 0.0183. The summed E-state index contributed by atoms with van der Waals surface area (Å²) >= 11 is 1.19. The maximum atomic E-state index is 12.9. The molecule has 0 radical (unpaired) electrons. The Morgan fingerprint density at radius 1 is 1.19 bits per heavy atom. The summed E-state index contributed by atoms with van der Waals surface area (Å²) in [7, 11) is 0. The lowest BCUT2D eigenvalue weighted by Gasteiger charge is -2.02. The van der Waals surface area contributed by atoms with E-state index in [-0.39, 0.29) is 35.6 Å². The van der Waals surface area contributed by atoms with E-state index in [0.717, 1.165) is 0 Å². The summed E-state index contributed by atoms with van der Waals surface area (Å²) < 4.78 is 23.0. The van der Waals surface area contributed by atoms with Crippen molar-refractivity contribution in [1.29, 1.82) is 0 Å². The monoisotopic (exact) mass is 389 g/mol. The molecule has 138 valence electrons. The Kier molecular flexibility index (Phi) is 5.77. The van der Waals surface area contributed by atoms with Crippen molar-refractivity contribution in [3.05, 3.63) is 70.4 Å². The summed E-state index contributed by atoms with van der Waals surface area (Å²) in [6, 6.07) is 11.4. The van der Waals surface area contributed by atoms with Crippen molar-refractivity contribution in [1.82, 2.24) is 10.1 Å². The van der Waals surface area contributed by atoms with Crippen LogP contribution in [0.5, 0.6) is 0 Å². The lowest BCUT2D eigenvalue weighted by atomic mass is 10.2. The minimum Gasteiger partial charge on any atom is -0.455 e. The summed E-state index contributed by atoms with van der Waals surface area (Å²) in [6.45, 7) is -0.187. The van der Waals surface area contributed by atoms with E-state index in [1.807, 2.05) is 0 Å². The maximum absolute atomic E-state index is 12.9. The first-order valence-corrected chi connectivity index (χ1v) is 8.61. The van der Waals surface area contributed by atoms with Crippen molar-refractivity contribution in [2.24, 2.45) is 0 Å². The average Bonchev–Trinajstić information content (AvgIpc) is 3.14. The molecule has 2 aromatic carbocycles. The van der Waals surface area contributed by atoms with E-state index in [1.165, 1.54) is 48.2 Å². The number of hydrogen-bond acceptors (Lipinski definition) is 8. The minimum atomic E-state index is -0.500. The fraction of sp³-hybridized carbons (Fsp3) is 0.118. The first-order chi connectivity index (χ1) is 13.0. The lowest BCUT2D eigenvalue weighted by Crippen LogP contribution is -2.07. The number of thioether (sulfide) groups is 1. The van der Waals surface area contributed by atoms with E-state index in [9.17, 15) is 19.3 Å². The van der Waals surface area contributed by atoms with E-state index in [2.05, 4.69) is 10.1 Å². The van der Waals surface area contributed by atoms with Crippen LogP contribution in [0.1, 0.15) is 5.89 Å². The zero-order valence-electron chi connectivity index (χ0n) is 13.7. The Labute approximate surface area is 156 Å². The number of nitro groups is 1. The number of ether oxygens (including phenoxy) is 1. The third-order valence-electron chi connectivity index (χ3n) is 3.33. The van der Waals surface area contributed by atoms with Crippen LogP contribution in [0.3, 0.4) is 0 Å². The summed E-state index contributed by atoms with van der Waals surface area (Å²) in [6.07, 6.45) is 0. The number of halogens is 1. The molecule has 10 heteroatoms. The van der Waals surface area contributed by atoms with Gasteiger partial charge in [0.1, 0.15) is 5.82 Å². The molecule has 27 heavy (non-hydrogen) atoms. The van der Waals surface area contributed by atoms with Crippen LogP contribution in [0, 0.1) is 15.9 Å². The SMILES string of the molecule is O=C(CSc1ccc([N+](=O)[O-])cc1)OCc1nc(-c2ccc(F)cc2)no1. The second-order valence-corrected chi connectivity index (χ2v) is 6.27. The topological polar surface area (TPSA) is 108 Å². The van der Waals surface area contributed by atoms with E-state index in [4.69, 9.17) is 9.26 Å². The van der Waals surface area contributed by atoms with Gasteiger partial charge < -0.3 is 9.26 Å². The van der Waals surface area contributed by atoms with Crippen molar-refractivity contribution < 1.29 is 23.4 Å². The van der Waals surface area contributed by atoms with Gasteiger partial charge in [-0.15, -0.1) is 11.8 Å². The Morgan fingerprint density at radius 3 is 2.56 bits per heavy atom. The average molecular weight is 389 g/mol. The molecule has 0 unspecified atom stereocenters. The van der Waals surface area contributed by atoms with Crippen molar-refractivity contribution in [2.45, 2.75) is 11.5 Å². The molecule has 0 atom stereocenters. The van der Waals surface area contributed by atoms with Crippen molar-refractivity contribution in [2.75, 3.05) is 5.75 Å². The molecule has 1 heterocycles. The third kappa shape index (κ3) is 5.11. The van der Waals surface area contributed by atoms with Crippen LogP contribution in [0.25, 0.3) is 11.4 Å². The van der Waals surface area contributed by atoms with E-state index >= 15 is 0 Å². The van der Waals surface area contributed by atoms with Crippen LogP contribution >= 0.6 is 11.8 Å². The molecule has 1 aromatic heterocycles. The Morgan fingerprint density at radius 2 is 1.89 bits per heavy atom. The van der Waals surface area contributed by atoms with Gasteiger partial charge in [-0.25, -0.2) is 4.39 Å². The molecule has 0 aliphatic carbocycles. The van der Waals surface area contributed by atoms with Gasteiger partial charge in [-0.2, -0.15) is 4.98 Å². The number of benzene rings is 2. The fourth-order valence-corrected chi connectivity index (χ4v) is 2.72. The van der Waals surface area contributed by atoms with Gasteiger partial charge in [0.05, 0.1) is 10.7 Å². The molecule has 8 nitrogen and oxygen atoms in total. The molecule has 0 N–H and O–H groups in total. The second kappa shape index (κ2) is 8.41. The summed E-state index contributed by atoms with van der Waals surface area (Å²) in [4.78, 5) is 26.7. The van der Waals surface area contributed by atoms with E-state index in [0.29, 0.717) is 10.5 Å². The number of carbonyl (C=O) groups excluding carboxylic acids is 1. The highest BCUT2D eigenvalue weighted by molar-refractivity contribution is 8.00. The summed E-state index contributed by atoms with van der Waals surface area (Å²) in [5, 5.41) is 14.3. The molecule has 3 aromatic rings. The number of nitro benzene ring substituents is 1. The molecule has 3 rings (SSSR count). The first kappa shape index (κ1) is 18.5. The number of nitrogens with zero attached hydrogens (tertiary/aromatic N) is 3. The molecule has 0 fully saturated rings. The number of non-ortho nitro benzene ring substituents is 1.